The fraction of sp³-hybridized carbons (Fsp3) is 0.375. The molecule has 1 aliphatic heterocycles. The van der Waals surface area contributed by atoms with Crippen molar-refractivity contribution in [1.29, 1.82) is 0 Å². The van der Waals surface area contributed by atoms with Gasteiger partial charge in [0, 0.05) is 13.0 Å². The van der Waals surface area contributed by atoms with Gasteiger partial charge in [0.2, 0.25) is 11.8 Å². The van der Waals surface area contributed by atoms with Crippen LogP contribution in [0.3, 0.4) is 0 Å². The van der Waals surface area contributed by atoms with E-state index in [0.29, 0.717) is 31.0 Å². The third kappa shape index (κ3) is 5.05. The van der Waals surface area contributed by atoms with Crippen LogP contribution in [-0.2, 0) is 20.8 Å². The number of ether oxygens (including phenoxy) is 2. The number of benzene rings is 2. The molecule has 164 valence electrons. The quantitative estimate of drug-likeness (QED) is 0.578. The Hall–Kier alpha value is -3.35. The highest BCUT2D eigenvalue weighted by atomic mass is 16.5. The molecule has 0 N–H and O–H groups in total. The van der Waals surface area contributed by atoms with Gasteiger partial charge in [-0.2, -0.15) is 0 Å². The summed E-state index contributed by atoms with van der Waals surface area (Å²) in [5, 5.41) is 0. The Morgan fingerprint density at radius 2 is 1.68 bits per heavy atom. The second-order valence-electron chi connectivity index (χ2n) is 7.25. The van der Waals surface area contributed by atoms with Gasteiger partial charge in [0.1, 0.15) is 17.5 Å². The lowest BCUT2D eigenvalue weighted by Gasteiger charge is -2.27. The average Bonchev–Trinajstić information content (AvgIpc) is 3.08. The number of nitrogens with zero attached hydrogens (tertiary/aromatic N) is 2. The van der Waals surface area contributed by atoms with E-state index in [-0.39, 0.29) is 30.6 Å². The van der Waals surface area contributed by atoms with Crippen LogP contribution in [-0.4, -0.2) is 48.9 Å². The third-order valence-corrected chi connectivity index (χ3v) is 5.33. The van der Waals surface area contributed by atoms with Gasteiger partial charge < -0.3 is 14.4 Å². The standard InChI is InChI=1S/C24H28N2O5/c1-4-22(27)25(15-14-17-6-10-19(30-3)11-7-17)21-16-23(28)26(24(21)29)18-8-12-20(13-9-18)31-5-2/h6-13,21H,4-5,14-16H2,1-3H3. The molecule has 0 saturated carbocycles. The van der Waals surface area contributed by atoms with Crippen LogP contribution >= 0.6 is 0 Å². The Kier molecular flexibility index (Phi) is 7.28. The summed E-state index contributed by atoms with van der Waals surface area (Å²) < 4.78 is 10.6. The summed E-state index contributed by atoms with van der Waals surface area (Å²) in [5.74, 6) is 0.605. The summed E-state index contributed by atoms with van der Waals surface area (Å²) in [5.41, 5.74) is 1.51. The van der Waals surface area contributed by atoms with Crippen molar-refractivity contribution >= 4 is 23.4 Å². The minimum atomic E-state index is -0.787. The second-order valence-corrected chi connectivity index (χ2v) is 7.25. The van der Waals surface area contributed by atoms with Crippen LogP contribution in [0.15, 0.2) is 48.5 Å². The zero-order chi connectivity index (χ0) is 22.4. The van der Waals surface area contributed by atoms with Crippen LogP contribution < -0.4 is 14.4 Å². The molecular formula is C24H28N2O5. The molecule has 0 spiro atoms. The van der Waals surface area contributed by atoms with Gasteiger partial charge in [0.25, 0.3) is 5.91 Å². The first-order chi connectivity index (χ1) is 15.0. The number of amides is 3. The van der Waals surface area contributed by atoms with Crippen LogP contribution in [0.4, 0.5) is 5.69 Å². The van der Waals surface area contributed by atoms with Gasteiger partial charge in [-0.25, -0.2) is 4.90 Å². The first-order valence-electron chi connectivity index (χ1n) is 10.5. The van der Waals surface area contributed by atoms with E-state index in [4.69, 9.17) is 9.47 Å². The van der Waals surface area contributed by atoms with E-state index in [1.807, 2.05) is 31.2 Å². The van der Waals surface area contributed by atoms with Crippen molar-refractivity contribution in [3.8, 4) is 11.5 Å². The SMILES string of the molecule is CCOc1ccc(N2C(=O)CC(N(CCc3ccc(OC)cc3)C(=O)CC)C2=O)cc1. The van der Waals surface area contributed by atoms with E-state index >= 15 is 0 Å². The number of rotatable bonds is 9. The fourth-order valence-electron chi connectivity index (χ4n) is 3.69. The maximum atomic E-state index is 13.1. The number of hydrogen-bond acceptors (Lipinski definition) is 5. The van der Waals surface area contributed by atoms with Crippen LogP contribution in [0.25, 0.3) is 0 Å². The number of carbonyl (C=O) groups is 3. The Morgan fingerprint density at radius 1 is 1.03 bits per heavy atom. The highest BCUT2D eigenvalue weighted by molar-refractivity contribution is 6.23. The second kappa shape index (κ2) is 10.1. The molecule has 0 aliphatic carbocycles. The van der Waals surface area contributed by atoms with Crippen molar-refractivity contribution in [3.63, 3.8) is 0 Å². The van der Waals surface area contributed by atoms with Crippen molar-refractivity contribution in [1.82, 2.24) is 4.90 Å². The topological polar surface area (TPSA) is 76.2 Å². The Morgan fingerprint density at radius 3 is 2.26 bits per heavy atom. The zero-order valence-corrected chi connectivity index (χ0v) is 18.2. The number of imide groups is 1. The highest BCUT2D eigenvalue weighted by Crippen LogP contribution is 2.28. The molecule has 3 rings (SSSR count). The molecule has 1 heterocycles. The fourth-order valence-corrected chi connectivity index (χ4v) is 3.69. The first kappa shape index (κ1) is 22.3. The molecule has 0 aromatic heterocycles. The summed E-state index contributed by atoms with van der Waals surface area (Å²) >= 11 is 0. The normalized spacial score (nSPS) is 15.8. The average molecular weight is 424 g/mol. The van der Waals surface area contributed by atoms with Crippen LogP contribution in [0.5, 0.6) is 11.5 Å². The molecule has 1 fully saturated rings. The van der Waals surface area contributed by atoms with Crippen molar-refractivity contribution in [2.24, 2.45) is 0 Å². The molecule has 0 bridgehead atoms. The van der Waals surface area contributed by atoms with E-state index in [1.54, 1.807) is 43.2 Å². The summed E-state index contributed by atoms with van der Waals surface area (Å²) in [6.45, 7) is 4.54. The van der Waals surface area contributed by atoms with Crippen molar-refractivity contribution in [3.05, 3.63) is 54.1 Å². The first-order valence-corrected chi connectivity index (χ1v) is 10.5. The smallest absolute Gasteiger partial charge is 0.257 e. The minimum absolute atomic E-state index is 0.0135. The van der Waals surface area contributed by atoms with Crippen molar-refractivity contribution < 1.29 is 23.9 Å². The number of anilines is 1. The lowest BCUT2D eigenvalue weighted by atomic mass is 10.1. The van der Waals surface area contributed by atoms with E-state index in [1.165, 1.54) is 4.90 Å². The number of methoxy groups -OCH3 is 1. The van der Waals surface area contributed by atoms with E-state index < -0.39 is 6.04 Å². The van der Waals surface area contributed by atoms with Crippen LogP contribution in [0.1, 0.15) is 32.3 Å². The Bertz CT molecular complexity index is 924. The molecular weight excluding hydrogens is 396 g/mol. The third-order valence-electron chi connectivity index (χ3n) is 5.33. The molecule has 31 heavy (non-hydrogen) atoms. The van der Waals surface area contributed by atoms with Gasteiger partial charge in [-0.3, -0.25) is 14.4 Å². The summed E-state index contributed by atoms with van der Waals surface area (Å²) in [6, 6.07) is 13.6. The predicted molar refractivity (Wildman–Crippen MR) is 117 cm³/mol. The van der Waals surface area contributed by atoms with Crippen LogP contribution in [0, 0.1) is 0 Å². The molecule has 3 amide bonds. The molecule has 2 aromatic carbocycles. The van der Waals surface area contributed by atoms with E-state index in [0.717, 1.165) is 11.3 Å². The van der Waals surface area contributed by atoms with Gasteiger partial charge in [0.05, 0.1) is 25.8 Å². The Balaban J connectivity index is 1.75. The van der Waals surface area contributed by atoms with E-state index in [2.05, 4.69) is 0 Å². The van der Waals surface area contributed by atoms with Gasteiger partial charge in [0.15, 0.2) is 0 Å². The molecule has 2 aromatic rings. The van der Waals surface area contributed by atoms with Crippen molar-refractivity contribution in [2.75, 3.05) is 25.2 Å². The molecule has 7 nitrogen and oxygen atoms in total. The number of carbonyl (C=O) groups excluding carboxylic acids is 3. The highest BCUT2D eigenvalue weighted by Gasteiger charge is 2.43. The maximum Gasteiger partial charge on any atom is 0.257 e. The minimum Gasteiger partial charge on any atom is -0.497 e. The van der Waals surface area contributed by atoms with Gasteiger partial charge in [-0.15, -0.1) is 0 Å². The van der Waals surface area contributed by atoms with E-state index in [9.17, 15) is 14.4 Å². The molecule has 1 aliphatic rings. The lowest BCUT2D eigenvalue weighted by molar-refractivity contribution is -0.138. The molecule has 1 unspecified atom stereocenters. The van der Waals surface area contributed by atoms with Crippen molar-refractivity contribution in [2.45, 2.75) is 39.2 Å². The van der Waals surface area contributed by atoms with Crippen LogP contribution in [0.2, 0.25) is 0 Å². The molecule has 7 heteroatoms. The van der Waals surface area contributed by atoms with Gasteiger partial charge in [-0.05, 0) is 55.3 Å². The molecule has 1 saturated heterocycles. The van der Waals surface area contributed by atoms with Gasteiger partial charge >= 0.3 is 0 Å². The monoisotopic (exact) mass is 424 g/mol. The molecule has 0 radical (unpaired) electrons. The van der Waals surface area contributed by atoms with Gasteiger partial charge in [-0.1, -0.05) is 19.1 Å². The summed E-state index contributed by atoms with van der Waals surface area (Å²) in [6.07, 6.45) is 0.834. The summed E-state index contributed by atoms with van der Waals surface area (Å²) in [7, 11) is 1.61. The maximum absolute atomic E-state index is 13.1. The predicted octanol–water partition coefficient (Wildman–Crippen LogP) is 3.21. The Labute approximate surface area is 182 Å². The lowest BCUT2D eigenvalue weighted by Crippen LogP contribution is -2.46. The molecule has 1 atom stereocenters. The largest absolute Gasteiger partial charge is 0.497 e. The summed E-state index contributed by atoms with van der Waals surface area (Å²) in [4.78, 5) is 41.2. The zero-order valence-electron chi connectivity index (χ0n) is 18.2. The number of hydrogen-bond donors (Lipinski definition) is 0.